The van der Waals surface area contributed by atoms with Crippen LogP contribution in [0, 0.1) is 0 Å². The minimum Gasteiger partial charge on any atom is -0.494 e. The van der Waals surface area contributed by atoms with Gasteiger partial charge in [0.1, 0.15) is 5.75 Å². The molecule has 0 bridgehead atoms. The monoisotopic (exact) mass is 265 g/mol. The summed E-state index contributed by atoms with van der Waals surface area (Å²) < 4.78 is 5.36. The third-order valence-electron chi connectivity index (χ3n) is 3.13. The number of ether oxygens (including phenoxy) is 1. The van der Waals surface area contributed by atoms with Crippen LogP contribution in [0.15, 0.2) is 18.2 Å². The van der Waals surface area contributed by atoms with Crippen LogP contribution in [-0.2, 0) is 11.2 Å². The largest absolute Gasteiger partial charge is 0.494 e. The minimum absolute atomic E-state index is 0.175. The van der Waals surface area contributed by atoms with Crippen molar-refractivity contribution in [3.63, 3.8) is 0 Å². The number of nitrogens with zero attached hydrogens (tertiary/aromatic N) is 1. The number of carboxylic acids is 1. The van der Waals surface area contributed by atoms with Gasteiger partial charge < -0.3 is 14.9 Å². The second kappa shape index (κ2) is 5.17. The fourth-order valence-electron chi connectivity index (χ4n) is 2.33. The van der Waals surface area contributed by atoms with E-state index < -0.39 is 18.1 Å². The average molecular weight is 265 g/mol. The molecule has 0 aromatic heterocycles. The Labute approximate surface area is 110 Å². The zero-order chi connectivity index (χ0) is 14.0. The van der Waals surface area contributed by atoms with Crippen LogP contribution in [0.1, 0.15) is 24.1 Å². The van der Waals surface area contributed by atoms with Crippen LogP contribution < -0.4 is 4.74 Å². The highest BCUT2D eigenvalue weighted by atomic mass is 16.5. The second-order valence-corrected chi connectivity index (χ2v) is 4.26. The summed E-state index contributed by atoms with van der Waals surface area (Å²) in [6, 6.07) is 3.95. The van der Waals surface area contributed by atoms with Gasteiger partial charge in [-0.2, -0.15) is 0 Å². The Morgan fingerprint density at radius 1 is 1.42 bits per heavy atom. The Morgan fingerprint density at radius 3 is 2.74 bits per heavy atom. The van der Waals surface area contributed by atoms with Gasteiger partial charge in [0.25, 0.3) is 0 Å². The topological polar surface area (TPSA) is 87.1 Å². The molecule has 1 amide bonds. The minimum atomic E-state index is -1.22. The molecule has 6 heteroatoms. The van der Waals surface area contributed by atoms with E-state index in [1.807, 2.05) is 6.92 Å². The van der Waals surface area contributed by atoms with Gasteiger partial charge in [0.05, 0.1) is 6.61 Å². The van der Waals surface area contributed by atoms with E-state index in [0.717, 1.165) is 10.5 Å². The van der Waals surface area contributed by atoms with Gasteiger partial charge >= 0.3 is 12.1 Å². The highest BCUT2D eigenvalue weighted by Gasteiger charge is 2.36. The van der Waals surface area contributed by atoms with E-state index in [9.17, 15) is 14.7 Å². The van der Waals surface area contributed by atoms with Crippen LogP contribution >= 0.6 is 0 Å². The van der Waals surface area contributed by atoms with Crippen molar-refractivity contribution in [2.24, 2.45) is 0 Å². The first-order valence-electron chi connectivity index (χ1n) is 6.02. The number of fused-ring (bicyclic) bond motifs is 1. The van der Waals surface area contributed by atoms with Crippen molar-refractivity contribution in [2.75, 3.05) is 13.2 Å². The van der Waals surface area contributed by atoms with Gasteiger partial charge in [-0.15, -0.1) is 0 Å². The molecule has 2 rings (SSSR count). The number of aliphatic carboxylic acids is 1. The maximum Gasteiger partial charge on any atom is 0.408 e. The van der Waals surface area contributed by atoms with Gasteiger partial charge in [0, 0.05) is 6.54 Å². The highest BCUT2D eigenvalue weighted by Crippen LogP contribution is 2.32. The third-order valence-corrected chi connectivity index (χ3v) is 3.13. The van der Waals surface area contributed by atoms with Gasteiger partial charge in [-0.25, -0.2) is 9.59 Å². The first kappa shape index (κ1) is 13.2. The van der Waals surface area contributed by atoms with E-state index >= 15 is 0 Å². The molecule has 0 radical (unpaired) electrons. The quantitative estimate of drug-likeness (QED) is 0.869. The molecule has 1 aromatic rings. The molecule has 19 heavy (non-hydrogen) atoms. The fourth-order valence-corrected chi connectivity index (χ4v) is 2.33. The van der Waals surface area contributed by atoms with Gasteiger partial charge in [-0.3, -0.25) is 4.90 Å². The fraction of sp³-hybridized carbons (Fsp3) is 0.385. The number of hydrogen-bond acceptors (Lipinski definition) is 3. The SMILES string of the molecule is CCOc1ccc2c(c1)CCN(C(=O)O)C2C(=O)O. The molecular weight excluding hydrogens is 250 g/mol. The molecule has 2 N–H and O–H groups in total. The van der Waals surface area contributed by atoms with Gasteiger partial charge in [0.15, 0.2) is 6.04 Å². The molecule has 0 aliphatic carbocycles. The molecule has 1 atom stereocenters. The van der Waals surface area contributed by atoms with Gasteiger partial charge in [-0.1, -0.05) is 6.07 Å². The van der Waals surface area contributed by atoms with Crippen molar-refractivity contribution < 1.29 is 24.5 Å². The van der Waals surface area contributed by atoms with Crippen LogP contribution in [0.25, 0.3) is 0 Å². The number of benzene rings is 1. The van der Waals surface area contributed by atoms with E-state index in [0.29, 0.717) is 24.3 Å². The Bertz CT molecular complexity index is 514. The van der Waals surface area contributed by atoms with E-state index in [-0.39, 0.29) is 6.54 Å². The van der Waals surface area contributed by atoms with Crippen molar-refractivity contribution in [2.45, 2.75) is 19.4 Å². The number of amides is 1. The molecule has 1 unspecified atom stereocenters. The normalized spacial score (nSPS) is 17.7. The lowest BCUT2D eigenvalue weighted by Gasteiger charge is -2.32. The molecule has 1 heterocycles. The lowest BCUT2D eigenvalue weighted by atomic mass is 9.92. The maximum absolute atomic E-state index is 11.3. The summed E-state index contributed by atoms with van der Waals surface area (Å²) in [5.74, 6) is -0.485. The number of carboxylic acid groups (broad SMARTS) is 2. The standard InChI is InChI=1S/C13H15NO5/c1-2-19-9-3-4-10-8(7-9)5-6-14(13(17)18)11(10)12(15)16/h3-4,7,11H,2,5-6H2,1H3,(H,15,16)(H,17,18). The first-order chi connectivity index (χ1) is 9.04. The molecule has 1 aliphatic heterocycles. The predicted molar refractivity (Wildman–Crippen MR) is 66.4 cm³/mol. The Kier molecular flexibility index (Phi) is 3.59. The molecule has 1 aliphatic rings. The third kappa shape index (κ3) is 2.47. The van der Waals surface area contributed by atoms with Crippen molar-refractivity contribution >= 4 is 12.1 Å². The zero-order valence-electron chi connectivity index (χ0n) is 10.5. The molecule has 0 saturated carbocycles. The smallest absolute Gasteiger partial charge is 0.408 e. The number of carbonyl (C=O) groups is 2. The summed E-state index contributed by atoms with van der Waals surface area (Å²) in [5.41, 5.74) is 1.35. The van der Waals surface area contributed by atoms with Crippen LogP contribution in [-0.4, -0.2) is 40.3 Å². The highest BCUT2D eigenvalue weighted by molar-refractivity contribution is 5.82. The molecule has 0 fully saturated rings. The summed E-state index contributed by atoms with van der Waals surface area (Å²) in [5, 5.41) is 18.3. The van der Waals surface area contributed by atoms with E-state index in [1.165, 1.54) is 0 Å². The van der Waals surface area contributed by atoms with Crippen LogP contribution in [0.3, 0.4) is 0 Å². The average Bonchev–Trinajstić information content (AvgIpc) is 2.37. The molecule has 0 saturated heterocycles. The lowest BCUT2D eigenvalue weighted by Crippen LogP contribution is -2.42. The summed E-state index contributed by atoms with van der Waals surface area (Å²) in [7, 11) is 0. The number of rotatable bonds is 3. The number of hydrogen-bond donors (Lipinski definition) is 2. The molecule has 6 nitrogen and oxygen atoms in total. The zero-order valence-corrected chi connectivity index (χ0v) is 10.5. The Hall–Kier alpha value is -2.24. The molecule has 0 spiro atoms. The second-order valence-electron chi connectivity index (χ2n) is 4.26. The maximum atomic E-state index is 11.3. The van der Waals surface area contributed by atoms with E-state index in [4.69, 9.17) is 9.84 Å². The van der Waals surface area contributed by atoms with Crippen molar-refractivity contribution in [1.29, 1.82) is 0 Å². The molecular formula is C13H15NO5. The lowest BCUT2D eigenvalue weighted by molar-refractivity contribution is -0.143. The van der Waals surface area contributed by atoms with Crippen molar-refractivity contribution in [3.8, 4) is 5.75 Å². The Balaban J connectivity index is 2.41. The summed E-state index contributed by atoms with van der Waals surface area (Å²) >= 11 is 0. The predicted octanol–water partition coefficient (Wildman–Crippen LogP) is 1.75. The van der Waals surface area contributed by atoms with Crippen molar-refractivity contribution in [3.05, 3.63) is 29.3 Å². The Morgan fingerprint density at radius 2 is 2.16 bits per heavy atom. The van der Waals surface area contributed by atoms with E-state index in [1.54, 1.807) is 18.2 Å². The first-order valence-corrected chi connectivity index (χ1v) is 6.02. The van der Waals surface area contributed by atoms with E-state index in [2.05, 4.69) is 0 Å². The van der Waals surface area contributed by atoms with Crippen molar-refractivity contribution in [1.82, 2.24) is 4.90 Å². The summed E-state index contributed by atoms with van der Waals surface area (Å²) in [6.45, 7) is 2.57. The summed E-state index contributed by atoms with van der Waals surface area (Å²) in [6.07, 6.45) is -0.723. The van der Waals surface area contributed by atoms with Gasteiger partial charge in [0.2, 0.25) is 0 Å². The van der Waals surface area contributed by atoms with Gasteiger partial charge in [-0.05, 0) is 36.6 Å². The van der Waals surface area contributed by atoms with Crippen LogP contribution in [0.4, 0.5) is 4.79 Å². The molecule has 1 aromatic carbocycles. The van der Waals surface area contributed by atoms with Crippen LogP contribution in [0.2, 0.25) is 0 Å². The van der Waals surface area contributed by atoms with Crippen LogP contribution in [0.5, 0.6) is 5.75 Å². The molecule has 102 valence electrons. The summed E-state index contributed by atoms with van der Waals surface area (Å²) in [4.78, 5) is 23.3.